The molecular formula is C60H39NS. The molecule has 0 atom stereocenters. The van der Waals surface area contributed by atoms with Crippen molar-refractivity contribution in [2.75, 3.05) is 0 Å². The molecule has 12 rings (SSSR count). The highest BCUT2D eigenvalue weighted by atomic mass is 32.1. The number of hydrogen-bond donors (Lipinski definition) is 0. The van der Waals surface area contributed by atoms with Gasteiger partial charge in [-0.25, -0.2) is 0 Å². The van der Waals surface area contributed by atoms with Crippen molar-refractivity contribution in [3.8, 4) is 72.4 Å². The van der Waals surface area contributed by atoms with E-state index in [1.165, 1.54) is 114 Å². The van der Waals surface area contributed by atoms with Crippen molar-refractivity contribution < 1.29 is 0 Å². The van der Waals surface area contributed by atoms with Gasteiger partial charge in [-0.1, -0.05) is 188 Å². The second kappa shape index (κ2) is 15.0. The summed E-state index contributed by atoms with van der Waals surface area (Å²) in [4.78, 5) is 0. The van der Waals surface area contributed by atoms with E-state index in [1.807, 2.05) is 11.3 Å². The highest BCUT2D eigenvalue weighted by Crippen LogP contribution is 2.45. The molecule has 0 saturated carbocycles. The van der Waals surface area contributed by atoms with E-state index >= 15 is 0 Å². The Balaban J connectivity index is 0.985. The van der Waals surface area contributed by atoms with Gasteiger partial charge in [0.25, 0.3) is 0 Å². The number of aromatic nitrogens is 1. The van der Waals surface area contributed by atoms with Gasteiger partial charge < -0.3 is 4.57 Å². The molecule has 0 aliphatic rings. The van der Waals surface area contributed by atoms with Gasteiger partial charge in [-0.15, -0.1) is 11.3 Å². The summed E-state index contributed by atoms with van der Waals surface area (Å²) in [7, 11) is 0. The Morgan fingerprint density at radius 2 is 0.661 bits per heavy atom. The lowest BCUT2D eigenvalue weighted by Crippen LogP contribution is -1.93. The van der Waals surface area contributed by atoms with Crippen molar-refractivity contribution in [1.29, 1.82) is 0 Å². The average molecular weight is 806 g/mol. The van der Waals surface area contributed by atoms with Gasteiger partial charge in [-0.2, -0.15) is 0 Å². The molecule has 0 radical (unpaired) electrons. The predicted octanol–water partition coefficient (Wildman–Crippen LogP) is 17.2. The molecule has 62 heavy (non-hydrogen) atoms. The van der Waals surface area contributed by atoms with Gasteiger partial charge in [-0.3, -0.25) is 0 Å². The quantitative estimate of drug-likeness (QED) is 0.151. The standard InChI is InChI=1S/C60H39NS/c1-3-17-40(18-4-1)42-31-34-58-54(37-42)53-29-15-16-30-57(53)61(58)44-33-36-60-56(39-44)55-38-43(32-35-59(55)62-60)46-22-8-10-24-48(46)50-26-12-14-28-52(50)51-27-13-11-25-49(51)47-23-9-7-21-45(47)41-19-5-2-6-20-41/h1-39H. The Hall–Kier alpha value is -7.78. The molecule has 2 heterocycles. The number of thiophene rings is 1. The topological polar surface area (TPSA) is 4.93 Å². The van der Waals surface area contributed by atoms with Gasteiger partial charge in [0.05, 0.1) is 11.0 Å². The lowest BCUT2D eigenvalue weighted by molar-refractivity contribution is 1.19. The van der Waals surface area contributed by atoms with E-state index in [0.717, 1.165) is 0 Å². The number of rotatable bonds is 7. The van der Waals surface area contributed by atoms with Gasteiger partial charge in [0.2, 0.25) is 0 Å². The summed E-state index contributed by atoms with van der Waals surface area (Å²) in [5, 5.41) is 5.08. The zero-order valence-electron chi connectivity index (χ0n) is 33.9. The van der Waals surface area contributed by atoms with E-state index in [0.29, 0.717) is 0 Å². The highest BCUT2D eigenvalue weighted by Gasteiger charge is 2.19. The van der Waals surface area contributed by atoms with Crippen LogP contribution in [0.25, 0.3) is 114 Å². The monoisotopic (exact) mass is 805 g/mol. The first-order chi connectivity index (χ1) is 30.8. The molecule has 0 amide bonds. The molecule has 0 fully saturated rings. The van der Waals surface area contributed by atoms with E-state index in [9.17, 15) is 0 Å². The zero-order valence-corrected chi connectivity index (χ0v) is 34.7. The first-order valence-corrected chi connectivity index (χ1v) is 22.1. The summed E-state index contributed by atoms with van der Waals surface area (Å²) >= 11 is 1.87. The number of fused-ring (bicyclic) bond motifs is 6. The van der Waals surface area contributed by atoms with Crippen LogP contribution in [0.15, 0.2) is 237 Å². The molecule has 10 aromatic carbocycles. The van der Waals surface area contributed by atoms with Crippen LogP contribution < -0.4 is 0 Å². The first kappa shape index (κ1) is 36.1. The van der Waals surface area contributed by atoms with Crippen LogP contribution in [0.5, 0.6) is 0 Å². The molecule has 12 aromatic rings. The van der Waals surface area contributed by atoms with Crippen molar-refractivity contribution in [3.63, 3.8) is 0 Å². The Kier molecular flexibility index (Phi) is 8.76. The minimum Gasteiger partial charge on any atom is -0.309 e. The van der Waals surface area contributed by atoms with Crippen molar-refractivity contribution in [3.05, 3.63) is 237 Å². The second-order valence-corrected chi connectivity index (χ2v) is 17.1. The average Bonchev–Trinajstić information content (AvgIpc) is 3.89. The summed E-state index contributed by atoms with van der Waals surface area (Å²) in [6.45, 7) is 0. The molecule has 1 nitrogen and oxygen atoms in total. The van der Waals surface area contributed by atoms with Crippen LogP contribution in [-0.4, -0.2) is 4.57 Å². The number of para-hydroxylation sites is 1. The summed E-state index contributed by atoms with van der Waals surface area (Å²) < 4.78 is 5.02. The van der Waals surface area contributed by atoms with Gasteiger partial charge >= 0.3 is 0 Å². The summed E-state index contributed by atoms with van der Waals surface area (Å²) in [5.41, 5.74) is 18.2. The van der Waals surface area contributed by atoms with Gasteiger partial charge in [0, 0.05) is 36.6 Å². The van der Waals surface area contributed by atoms with E-state index in [-0.39, 0.29) is 0 Å². The third-order valence-corrected chi connectivity index (χ3v) is 13.6. The number of benzene rings is 10. The molecule has 0 saturated heterocycles. The Bertz CT molecular complexity index is 3630. The van der Waals surface area contributed by atoms with Gasteiger partial charge in [-0.05, 0) is 115 Å². The normalized spacial score (nSPS) is 11.5. The molecule has 2 heteroatoms. The van der Waals surface area contributed by atoms with E-state index < -0.39 is 0 Å². The minimum atomic E-state index is 1.17. The largest absolute Gasteiger partial charge is 0.309 e. The van der Waals surface area contributed by atoms with Gasteiger partial charge in [0.15, 0.2) is 0 Å². The maximum Gasteiger partial charge on any atom is 0.0541 e. The molecule has 0 N–H and O–H groups in total. The fourth-order valence-electron chi connectivity index (χ4n) is 9.60. The predicted molar refractivity (Wildman–Crippen MR) is 266 cm³/mol. The maximum atomic E-state index is 2.44. The van der Waals surface area contributed by atoms with Crippen molar-refractivity contribution in [2.45, 2.75) is 0 Å². The highest BCUT2D eigenvalue weighted by molar-refractivity contribution is 7.25. The molecule has 0 spiro atoms. The van der Waals surface area contributed by atoms with Crippen LogP contribution in [0.3, 0.4) is 0 Å². The zero-order chi connectivity index (χ0) is 41.0. The Morgan fingerprint density at radius 3 is 1.27 bits per heavy atom. The van der Waals surface area contributed by atoms with Crippen LogP contribution in [-0.2, 0) is 0 Å². The fraction of sp³-hybridized carbons (Fsp3) is 0. The molecule has 290 valence electrons. The van der Waals surface area contributed by atoms with E-state index in [2.05, 4.69) is 241 Å². The van der Waals surface area contributed by atoms with Crippen molar-refractivity contribution in [1.82, 2.24) is 4.57 Å². The van der Waals surface area contributed by atoms with Crippen LogP contribution in [0.2, 0.25) is 0 Å². The minimum absolute atomic E-state index is 1.17. The number of nitrogens with zero attached hydrogens (tertiary/aromatic N) is 1. The molecule has 0 unspecified atom stereocenters. The second-order valence-electron chi connectivity index (χ2n) is 16.0. The third-order valence-electron chi connectivity index (χ3n) is 12.5. The fourth-order valence-corrected chi connectivity index (χ4v) is 10.7. The smallest absolute Gasteiger partial charge is 0.0541 e. The summed E-state index contributed by atoms with van der Waals surface area (Å²) in [5.74, 6) is 0. The van der Waals surface area contributed by atoms with Crippen molar-refractivity contribution >= 4 is 53.3 Å². The molecule has 0 aliphatic heterocycles. The van der Waals surface area contributed by atoms with E-state index in [4.69, 9.17) is 0 Å². The van der Waals surface area contributed by atoms with Crippen LogP contribution >= 0.6 is 11.3 Å². The summed E-state index contributed by atoms with van der Waals surface area (Å²) in [6.07, 6.45) is 0. The molecule has 0 bridgehead atoms. The number of hydrogen-bond acceptors (Lipinski definition) is 1. The van der Waals surface area contributed by atoms with Crippen LogP contribution in [0.1, 0.15) is 0 Å². The lowest BCUT2D eigenvalue weighted by Gasteiger charge is -2.18. The SMILES string of the molecule is c1ccc(-c2ccc3c(c2)c2ccccc2n3-c2ccc3sc4ccc(-c5ccccc5-c5ccccc5-c5ccccc5-c5ccccc5-c5ccccc5)cc4c3c2)cc1. The summed E-state index contributed by atoms with van der Waals surface area (Å²) in [6, 6.07) is 86.6. The first-order valence-electron chi connectivity index (χ1n) is 21.3. The molecule has 0 aliphatic carbocycles. The van der Waals surface area contributed by atoms with Crippen molar-refractivity contribution in [2.24, 2.45) is 0 Å². The lowest BCUT2D eigenvalue weighted by atomic mass is 9.85. The van der Waals surface area contributed by atoms with E-state index in [1.54, 1.807) is 0 Å². The molecule has 2 aromatic heterocycles. The Morgan fingerprint density at radius 1 is 0.242 bits per heavy atom. The van der Waals surface area contributed by atoms with Gasteiger partial charge in [0.1, 0.15) is 0 Å². The third kappa shape index (κ3) is 6.07. The Labute approximate surface area is 365 Å². The maximum absolute atomic E-state index is 2.44. The molecular weight excluding hydrogens is 767 g/mol. The van der Waals surface area contributed by atoms with Crippen LogP contribution in [0, 0.1) is 0 Å². The van der Waals surface area contributed by atoms with Crippen LogP contribution in [0.4, 0.5) is 0 Å².